The van der Waals surface area contributed by atoms with E-state index in [0.29, 0.717) is 5.41 Å². The molecule has 0 aliphatic heterocycles. The molecule has 0 fully saturated rings. The monoisotopic (exact) mass is 226 g/mol. The minimum Gasteiger partial charge on any atom is -0.311 e. The molecule has 0 bridgehead atoms. The van der Waals surface area contributed by atoms with Crippen LogP contribution in [0.3, 0.4) is 0 Å². The van der Waals surface area contributed by atoms with Crippen molar-refractivity contribution in [1.82, 2.24) is 10.3 Å². The molecule has 0 aromatic carbocycles. The van der Waals surface area contributed by atoms with Gasteiger partial charge < -0.3 is 5.32 Å². The number of nitrogens with zero attached hydrogens (tertiary/aromatic N) is 1. The summed E-state index contributed by atoms with van der Waals surface area (Å²) in [5, 5.41) is 4.68. The Morgan fingerprint density at radius 1 is 1.33 bits per heavy atom. The minimum absolute atomic E-state index is 0.396. The fourth-order valence-corrected chi connectivity index (χ4v) is 2.28. The summed E-state index contributed by atoms with van der Waals surface area (Å²) in [6.07, 6.45) is 1.21. The van der Waals surface area contributed by atoms with Gasteiger partial charge >= 0.3 is 0 Å². The molecule has 0 aliphatic carbocycles. The van der Waals surface area contributed by atoms with Gasteiger partial charge in [0.2, 0.25) is 0 Å². The lowest BCUT2D eigenvalue weighted by Crippen LogP contribution is -2.28. The largest absolute Gasteiger partial charge is 0.311 e. The summed E-state index contributed by atoms with van der Waals surface area (Å²) in [6.45, 7) is 13.0. The van der Waals surface area contributed by atoms with Gasteiger partial charge in [0.05, 0.1) is 10.7 Å². The maximum Gasteiger partial charge on any atom is 0.0900 e. The molecular weight excluding hydrogens is 204 g/mol. The fraction of sp³-hybridized carbons (Fsp3) is 0.750. The highest BCUT2D eigenvalue weighted by Crippen LogP contribution is 2.20. The third-order valence-corrected chi connectivity index (χ3v) is 3.92. The Kier molecular flexibility index (Phi) is 4.29. The first kappa shape index (κ1) is 12.7. The predicted octanol–water partition coefficient (Wildman–Crippen LogP) is 3.29. The van der Waals surface area contributed by atoms with Gasteiger partial charge in [-0.25, -0.2) is 4.98 Å². The lowest BCUT2D eigenvalue weighted by molar-refractivity contribution is 0.328. The molecule has 86 valence electrons. The van der Waals surface area contributed by atoms with Crippen molar-refractivity contribution in [1.29, 1.82) is 0 Å². The van der Waals surface area contributed by atoms with Crippen LogP contribution in [-0.2, 0) is 6.54 Å². The summed E-state index contributed by atoms with van der Waals surface area (Å²) in [7, 11) is 0. The SMILES string of the molecule is CCC(C)(C)CNCc1sc(C)nc1C. The third-order valence-electron chi connectivity index (χ3n) is 2.85. The van der Waals surface area contributed by atoms with Crippen LogP contribution in [0.1, 0.15) is 42.8 Å². The first-order valence-electron chi connectivity index (χ1n) is 5.58. The quantitative estimate of drug-likeness (QED) is 0.833. The summed E-state index contributed by atoms with van der Waals surface area (Å²) in [6, 6.07) is 0. The summed E-state index contributed by atoms with van der Waals surface area (Å²) >= 11 is 1.80. The topological polar surface area (TPSA) is 24.9 Å². The van der Waals surface area contributed by atoms with Gasteiger partial charge in [-0.15, -0.1) is 11.3 Å². The zero-order valence-corrected chi connectivity index (χ0v) is 11.3. The minimum atomic E-state index is 0.396. The van der Waals surface area contributed by atoms with E-state index in [-0.39, 0.29) is 0 Å². The second-order valence-electron chi connectivity index (χ2n) is 4.86. The van der Waals surface area contributed by atoms with Crippen molar-refractivity contribution in [3.8, 4) is 0 Å². The smallest absolute Gasteiger partial charge is 0.0900 e. The zero-order valence-electron chi connectivity index (χ0n) is 10.5. The number of aromatic nitrogens is 1. The number of hydrogen-bond acceptors (Lipinski definition) is 3. The molecule has 0 spiro atoms. The van der Waals surface area contributed by atoms with Crippen LogP contribution >= 0.6 is 11.3 Å². The molecule has 1 rings (SSSR count). The first-order chi connectivity index (χ1) is 6.94. The standard InChI is InChI=1S/C12H22N2S/c1-6-12(4,5)8-13-7-11-9(2)14-10(3)15-11/h13H,6-8H2,1-5H3. The van der Waals surface area contributed by atoms with E-state index in [2.05, 4.69) is 44.9 Å². The summed E-state index contributed by atoms with van der Waals surface area (Å²) < 4.78 is 0. The lowest BCUT2D eigenvalue weighted by Gasteiger charge is -2.22. The van der Waals surface area contributed by atoms with E-state index in [4.69, 9.17) is 0 Å². The summed E-state index contributed by atoms with van der Waals surface area (Å²) in [4.78, 5) is 5.80. The molecule has 1 N–H and O–H groups in total. The third kappa shape index (κ3) is 3.92. The highest BCUT2D eigenvalue weighted by Gasteiger charge is 2.14. The van der Waals surface area contributed by atoms with Gasteiger partial charge in [0, 0.05) is 18.0 Å². The van der Waals surface area contributed by atoms with Crippen LogP contribution in [0.25, 0.3) is 0 Å². The molecule has 0 saturated heterocycles. The normalized spacial score (nSPS) is 12.1. The van der Waals surface area contributed by atoms with Crippen molar-refractivity contribution < 1.29 is 0 Å². The molecule has 0 saturated carbocycles. The summed E-state index contributed by atoms with van der Waals surface area (Å²) in [5.74, 6) is 0. The average molecular weight is 226 g/mol. The molecule has 15 heavy (non-hydrogen) atoms. The molecule has 3 heteroatoms. The van der Waals surface area contributed by atoms with Crippen molar-refractivity contribution in [3.05, 3.63) is 15.6 Å². The summed E-state index contributed by atoms with van der Waals surface area (Å²) in [5.41, 5.74) is 1.58. The molecule has 1 heterocycles. The Hall–Kier alpha value is -0.410. The Morgan fingerprint density at radius 2 is 2.00 bits per heavy atom. The van der Waals surface area contributed by atoms with Crippen LogP contribution in [0.5, 0.6) is 0 Å². The number of aryl methyl sites for hydroxylation is 2. The fourth-order valence-electron chi connectivity index (χ4n) is 1.38. The maximum atomic E-state index is 4.42. The van der Waals surface area contributed by atoms with Gasteiger partial charge in [-0.3, -0.25) is 0 Å². The molecule has 0 aliphatic rings. The number of thiazole rings is 1. The van der Waals surface area contributed by atoms with Gasteiger partial charge in [-0.1, -0.05) is 20.8 Å². The van der Waals surface area contributed by atoms with E-state index in [1.54, 1.807) is 11.3 Å². The molecule has 1 aromatic rings. The molecule has 0 unspecified atom stereocenters. The molecule has 1 aromatic heterocycles. The Bertz CT molecular complexity index is 315. The molecule has 0 atom stereocenters. The van der Waals surface area contributed by atoms with Crippen molar-refractivity contribution in [2.24, 2.45) is 5.41 Å². The van der Waals surface area contributed by atoms with Gasteiger partial charge in [-0.05, 0) is 25.7 Å². The second kappa shape index (κ2) is 5.08. The van der Waals surface area contributed by atoms with Gasteiger partial charge in [0.15, 0.2) is 0 Å². The van der Waals surface area contributed by atoms with Crippen molar-refractivity contribution in [2.45, 2.75) is 47.6 Å². The highest BCUT2D eigenvalue weighted by molar-refractivity contribution is 7.11. The molecule has 2 nitrogen and oxygen atoms in total. The van der Waals surface area contributed by atoms with Crippen LogP contribution in [0.15, 0.2) is 0 Å². The number of hydrogen-bond donors (Lipinski definition) is 1. The number of nitrogens with one attached hydrogen (secondary N) is 1. The molecule has 0 radical (unpaired) electrons. The van der Waals surface area contributed by atoms with E-state index in [0.717, 1.165) is 13.1 Å². The van der Waals surface area contributed by atoms with Gasteiger partial charge in [0.1, 0.15) is 0 Å². The van der Waals surface area contributed by atoms with E-state index in [1.807, 2.05) is 0 Å². The van der Waals surface area contributed by atoms with Gasteiger partial charge in [-0.2, -0.15) is 0 Å². The average Bonchev–Trinajstić information content (AvgIpc) is 2.45. The zero-order chi connectivity index (χ0) is 11.5. The second-order valence-corrected chi connectivity index (χ2v) is 6.15. The van der Waals surface area contributed by atoms with Crippen LogP contribution < -0.4 is 5.32 Å². The highest BCUT2D eigenvalue weighted by atomic mass is 32.1. The van der Waals surface area contributed by atoms with E-state index >= 15 is 0 Å². The van der Waals surface area contributed by atoms with E-state index in [1.165, 1.54) is 22.0 Å². The van der Waals surface area contributed by atoms with Crippen molar-refractivity contribution in [3.63, 3.8) is 0 Å². The number of rotatable bonds is 5. The van der Waals surface area contributed by atoms with Crippen LogP contribution in [0, 0.1) is 19.3 Å². The van der Waals surface area contributed by atoms with Crippen molar-refractivity contribution >= 4 is 11.3 Å². The Balaban J connectivity index is 2.41. The Labute approximate surface area is 97.1 Å². The van der Waals surface area contributed by atoms with Crippen LogP contribution in [0.4, 0.5) is 0 Å². The van der Waals surface area contributed by atoms with E-state index < -0.39 is 0 Å². The predicted molar refractivity (Wildman–Crippen MR) is 67.4 cm³/mol. The first-order valence-corrected chi connectivity index (χ1v) is 6.40. The Morgan fingerprint density at radius 3 is 2.47 bits per heavy atom. The van der Waals surface area contributed by atoms with Crippen LogP contribution in [-0.4, -0.2) is 11.5 Å². The van der Waals surface area contributed by atoms with Crippen molar-refractivity contribution in [2.75, 3.05) is 6.54 Å². The van der Waals surface area contributed by atoms with E-state index in [9.17, 15) is 0 Å². The van der Waals surface area contributed by atoms with Gasteiger partial charge in [0.25, 0.3) is 0 Å². The van der Waals surface area contributed by atoms with Crippen LogP contribution in [0.2, 0.25) is 0 Å². The maximum absolute atomic E-state index is 4.42. The lowest BCUT2D eigenvalue weighted by atomic mass is 9.90. The molecule has 0 amide bonds. The molecular formula is C12H22N2S.